The summed E-state index contributed by atoms with van der Waals surface area (Å²) in [6.07, 6.45) is 5.03. The van der Waals surface area contributed by atoms with Crippen molar-refractivity contribution in [2.45, 2.75) is 19.6 Å². The van der Waals surface area contributed by atoms with Crippen molar-refractivity contribution in [3.63, 3.8) is 0 Å². The van der Waals surface area contributed by atoms with Crippen LogP contribution in [0.5, 0.6) is 0 Å². The van der Waals surface area contributed by atoms with Gasteiger partial charge in [0.25, 0.3) is 0 Å². The second-order valence-electron chi connectivity index (χ2n) is 3.74. The van der Waals surface area contributed by atoms with Crippen LogP contribution in [0.1, 0.15) is 11.3 Å². The summed E-state index contributed by atoms with van der Waals surface area (Å²) in [5, 5.41) is 10.4. The molecule has 2 rings (SSSR count). The molecule has 0 radical (unpaired) electrons. The molecule has 7 heteroatoms. The Labute approximate surface area is 104 Å². The van der Waals surface area contributed by atoms with Crippen LogP contribution in [0.25, 0.3) is 0 Å². The molecule has 0 saturated carbocycles. The van der Waals surface area contributed by atoms with Crippen LogP contribution in [0.3, 0.4) is 0 Å². The Morgan fingerprint density at radius 3 is 2.83 bits per heavy atom. The lowest BCUT2D eigenvalue weighted by Crippen LogP contribution is -2.27. The lowest BCUT2D eigenvalue weighted by Gasteiger charge is -2.04. The van der Waals surface area contributed by atoms with Crippen LogP contribution < -0.4 is 11.1 Å². The number of nitrogens with one attached hydrogen (secondary N) is 1. The molecular formula is C11H14N6O. The second-order valence-corrected chi connectivity index (χ2v) is 3.74. The highest BCUT2D eigenvalue weighted by Crippen LogP contribution is 1.95. The van der Waals surface area contributed by atoms with Crippen molar-refractivity contribution in [1.29, 1.82) is 0 Å². The Bertz CT molecular complexity index is 509. The average Bonchev–Trinajstić information content (AvgIpc) is 2.85. The van der Waals surface area contributed by atoms with Gasteiger partial charge in [0.1, 0.15) is 6.54 Å². The summed E-state index contributed by atoms with van der Waals surface area (Å²) in [4.78, 5) is 15.5. The molecule has 1 amide bonds. The SMILES string of the molecule is NCc1cn(CC(=O)NCc2ccncc2)nn1. The van der Waals surface area contributed by atoms with Gasteiger partial charge < -0.3 is 11.1 Å². The maximum Gasteiger partial charge on any atom is 0.242 e. The van der Waals surface area contributed by atoms with Gasteiger partial charge in [-0.1, -0.05) is 5.21 Å². The fourth-order valence-corrected chi connectivity index (χ4v) is 1.41. The second kappa shape index (κ2) is 5.87. The largest absolute Gasteiger partial charge is 0.350 e. The van der Waals surface area contributed by atoms with Gasteiger partial charge >= 0.3 is 0 Å². The number of amides is 1. The van der Waals surface area contributed by atoms with E-state index in [9.17, 15) is 4.79 Å². The number of carbonyl (C=O) groups is 1. The van der Waals surface area contributed by atoms with Gasteiger partial charge in [-0.2, -0.15) is 0 Å². The Morgan fingerprint density at radius 1 is 1.39 bits per heavy atom. The molecule has 0 aliphatic heterocycles. The quantitative estimate of drug-likeness (QED) is 0.737. The topological polar surface area (TPSA) is 98.7 Å². The van der Waals surface area contributed by atoms with Crippen molar-refractivity contribution in [3.8, 4) is 0 Å². The Balaban J connectivity index is 1.82. The summed E-state index contributed by atoms with van der Waals surface area (Å²) in [6, 6.07) is 3.70. The van der Waals surface area contributed by atoms with Crippen molar-refractivity contribution in [2.75, 3.05) is 0 Å². The zero-order valence-corrected chi connectivity index (χ0v) is 9.78. The zero-order chi connectivity index (χ0) is 12.8. The summed E-state index contributed by atoms with van der Waals surface area (Å²) >= 11 is 0. The molecule has 94 valence electrons. The predicted octanol–water partition coefficient (Wildman–Crippen LogP) is -0.552. The third kappa shape index (κ3) is 3.36. The van der Waals surface area contributed by atoms with Gasteiger partial charge in [-0.05, 0) is 17.7 Å². The first kappa shape index (κ1) is 12.2. The van der Waals surface area contributed by atoms with Crippen LogP contribution in [-0.2, 0) is 24.4 Å². The molecule has 0 spiro atoms. The number of hydrogen-bond donors (Lipinski definition) is 2. The molecule has 0 saturated heterocycles. The molecule has 2 heterocycles. The number of pyridine rings is 1. The first-order valence-electron chi connectivity index (χ1n) is 5.52. The van der Waals surface area contributed by atoms with Crippen LogP contribution in [0.2, 0.25) is 0 Å². The van der Waals surface area contributed by atoms with Crippen molar-refractivity contribution in [2.24, 2.45) is 5.73 Å². The fourth-order valence-electron chi connectivity index (χ4n) is 1.41. The molecular weight excluding hydrogens is 232 g/mol. The molecule has 0 atom stereocenters. The van der Waals surface area contributed by atoms with Gasteiger partial charge in [0.15, 0.2) is 0 Å². The van der Waals surface area contributed by atoms with E-state index in [4.69, 9.17) is 5.73 Å². The molecule has 2 aromatic rings. The predicted molar refractivity (Wildman–Crippen MR) is 64.0 cm³/mol. The standard InChI is InChI=1S/C11H14N6O/c12-5-10-7-17(16-15-10)8-11(18)14-6-9-1-3-13-4-2-9/h1-4,7H,5-6,8,12H2,(H,14,18). The molecule has 3 N–H and O–H groups in total. The van der Waals surface area contributed by atoms with Crippen molar-refractivity contribution in [1.82, 2.24) is 25.3 Å². The number of rotatable bonds is 5. The highest BCUT2D eigenvalue weighted by atomic mass is 16.2. The minimum atomic E-state index is -0.125. The summed E-state index contributed by atoms with van der Waals surface area (Å²) in [6.45, 7) is 0.927. The van der Waals surface area contributed by atoms with Crippen LogP contribution in [0.15, 0.2) is 30.7 Å². The minimum Gasteiger partial charge on any atom is -0.350 e. The zero-order valence-electron chi connectivity index (χ0n) is 9.78. The first-order valence-corrected chi connectivity index (χ1v) is 5.52. The summed E-state index contributed by atoms with van der Waals surface area (Å²) in [7, 11) is 0. The van der Waals surface area contributed by atoms with E-state index in [1.54, 1.807) is 18.6 Å². The van der Waals surface area contributed by atoms with Crippen molar-refractivity contribution >= 4 is 5.91 Å². The number of nitrogens with two attached hydrogens (primary N) is 1. The van der Waals surface area contributed by atoms with Crippen LogP contribution in [0.4, 0.5) is 0 Å². The van der Waals surface area contributed by atoms with E-state index in [0.717, 1.165) is 5.56 Å². The molecule has 0 fully saturated rings. The molecule has 0 aromatic carbocycles. The lowest BCUT2D eigenvalue weighted by atomic mass is 10.3. The Kier molecular flexibility index (Phi) is 3.98. The number of hydrogen-bond acceptors (Lipinski definition) is 5. The van der Waals surface area contributed by atoms with Gasteiger partial charge in [0.05, 0.1) is 11.9 Å². The summed E-state index contributed by atoms with van der Waals surface area (Å²) < 4.78 is 1.46. The van der Waals surface area contributed by atoms with Crippen molar-refractivity contribution < 1.29 is 4.79 Å². The maximum absolute atomic E-state index is 11.6. The van der Waals surface area contributed by atoms with E-state index in [1.165, 1.54) is 4.68 Å². The average molecular weight is 246 g/mol. The third-order valence-corrected chi connectivity index (χ3v) is 2.34. The Morgan fingerprint density at radius 2 is 2.17 bits per heavy atom. The fraction of sp³-hybridized carbons (Fsp3) is 0.273. The van der Waals surface area contributed by atoms with Crippen LogP contribution in [-0.4, -0.2) is 25.9 Å². The number of aromatic nitrogens is 4. The van der Waals surface area contributed by atoms with Gasteiger partial charge in [0, 0.05) is 25.5 Å². The molecule has 0 unspecified atom stereocenters. The summed E-state index contributed by atoms with van der Waals surface area (Å²) in [5.74, 6) is -0.125. The number of carbonyl (C=O) groups excluding carboxylic acids is 1. The van der Waals surface area contributed by atoms with Crippen LogP contribution in [0, 0.1) is 0 Å². The van der Waals surface area contributed by atoms with Crippen LogP contribution >= 0.6 is 0 Å². The number of nitrogens with zero attached hydrogens (tertiary/aromatic N) is 4. The highest BCUT2D eigenvalue weighted by Gasteiger charge is 2.05. The molecule has 0 bridgehead atoms. The summed E-state index contributed by atoms with van der Waals surface area (Å²) in [5.41, 5.74) is 7.07. The van der Waals surface area contributed by atoms with E-state index < -0.39 is 0 Å². The van der Waals surface area contributed by atoms with Gasteiger partial charge in [0.2, 0.25) is 5.91 Å². The molecule has 18 heavy (non-hydrogen) atoms. The van der Waals surface area contributed by atoms with E-state index in [-0.39, 0.29) is 12.5 Å². The van der Waals surface area contributed by atoms with E-state index in [2.05, 4.69) is 20.6 Å². The van der Waals surface area contributed by atoms with Gasteiger partial charge in [-0.3, -0.25) is 9.78 Å². The van der Waals surface area contributed by atoms with E-state index >= 15 is 0 Å². The normalized spacial score (nSPS) is 10.3. The van der Waals surface area contributed by atoms with Gasteiger partial charge in [-0.15, -0.1) is 5.10 Å². The maximum atomic E-state index is 11.6. The highest BCUT2D eigenvalue weighted by molar-refractivity contribution is 5.75. The van der Waals surface area contributed by atoms with Crippen molar-refractivity contribution in [3.05, 3.63) is 42.0 Å². The minimum absolute atomic E-state index is 0.125. The Hall–Kier alpha value is -2.28. The first-order chi connectivity index (χ1) is 8.78. The lowest BCUT2D eigenvalue weighted by molar-refractivity contribution is -0.122. The smallest absolute Gasteiger partial charge is 0.242 e. The van der Waals surface area contributed by atoms with E-state index in [0.29, 0.717) is 18.8 Å². The molecule has 0 aliphatic rings. The van der Waals surface area contributed by atoms with Gasteiger partial charge in [-0.25, -0.2) is 4.68 Å². The molecule has 2 aromatic heterocycles. The third-order valence-electron chi connectivity index (χ3n) is 2.34. The molecule has 0 aliphatic carbocycles. The monoisotopic (exact) mass is 246 g/mol. The molecule has 7 nitrogen and oxygen atoms in total. The van der Waals surface area contributed by atoms with E-state index in [1.807, 2.05) is 12.1 Å².